The second-order valence-electron chi connectivity index (χ2n) is 5.46. The molecule has 6 nitrogen and oxygen atoms in total. The summed E-state index contributed by atoms with van der Waals surface area (Å²) in [6, 6.07) is 9.52. The Morgan fingerprint density at radius 3 is 2.56 bits per heavy atom. The van der Waals surface area contributed by atoms with Gasteiger partial charge in [-0.15, -0.1) is 24.0 Å². The Bertz CT molecular complexity index is 681. The third-order valence-electron chi connectivity index (χ3n) is 3.48. The Hall–Kier alpha value is -1.94. The predicted molar refractivity (Wildman–Crippen MR) is 115 cm³/mol. The molecule has 0 saturated heterocycles. The summed E-state index contributed by atoms with van der Waals surface area (Å²) >= 11 is 0. The van der Waals surface area contributed by atoms with Crippen molar-refractivity contribution < 1.29 is 13.9 Å². The number of hydrogen-bond acceptors (Lipinski definition) is 4. The molecule has 27 heavy (non-hydrogen) atoms. The maximum absolute atomic E-state index is 12.9. The first-order valence-electron chi connectivity index (χ1n) is 8.62. The molecule has 1 heterocycles. The number of halogens is 2. The van der Waals surface area contributed by atoms with Crippen molar-refractivity contribution in [2.75, 3.05) is 26.8 Å². The molecule has 2 rings (SSSR count). The molecule has 0 spiro atoms. The van der Waals surface area contributed by atoms with Crippen molar-refractivity contribution in [3.05, 3.63) is 54.0 Å². The average Bonchev–Trinajstić information content (AvgIpc) is 2.67. The first kappa shape index (κ1) is 23.1. The molecule has 0 unspecified atom stereocenters. The summed E-state index contributed by atoms with van der Waals surface area (Å²) in [6.07, 6.45) is 2.65. The third-order valence-corrected chi connectivity index (χ3v) is 3.48. The number of hydrogen-bond donors (Lipinski definition) is 2. The van der Waals surface area contributed by atoms with Crippen LogP contribution in [0.4, 0.5) is 4.39 Å². The molecule has 8 heteroatoms. The second kappa shape index (κ2) is 13.3. The van der Waals surface area contributed by atoms with Crippen molar-refractivity contribution in [3.63, 3.8) is 0 Å². The lowest BCUT2D eigenvalue weighted by Gasteiger charge is -2.12. The van der Waals surface area contributed by atoms with E-state index in [1.165, 1.54) is 12.1 Å². The predicted octanol–water partition coefficient (Wildman–Crippen LogP) is 3.72. The van der Waals surface area contributed by atoms with Crippen LogP contribution in [0.2, 0.25) is 0 Å². The van der Waals surface area contributed by atoms with Gasteiger partial charge in [-0.25, -0.2) is 9.37 Å². The fourth-order valence-corrected chi connectivity index (χ4v) is 2.13. The summed E-state index contributed by atoms with van der Waals surface area (Å²) in [5.41, 5.74) is 0.994. The summed E-state index contributed by atoms with van der Waals surface area (Å²) in [4.78, 5) is 8.44. The summed E-state index contributed by atoms with van der Waals surface area (Å²) in [5, 5.41) is 6.46. The summed E-state index contributed by atoms with van der Waals surface area (Å²) in [7, 11) is 1.73. The van der Waals surface area contributed by atoms with Crippen LogP contribution in [0.25, 0.3) is 0 Å². The maximum Gasteiger partial charge on any atom is 0.219 e. The van der Waals surface area contributed by atoms with Crippen LogP contribution in [0.5, 0.6) is 11.6 Å². The summed E-state index contributed by atoms with van der Waals surface area (Å²) in [5.74, 6) is 1.43. The molecule has 0 aliphatic rings. The zero-order valence-corrected chi connectivity index (χ0v) is 17.9. The largest absolute Gasteiger partial charge is 0.439 e. The summed E-state index contributed by atoms with van der Waals surface area (Å²) < 4.78 is 23.8. The Morgan fingerprint density at radius 1 is 1.15 bits per heavy atom. The third kappa shape index (κ3) is 9.00. The van der Waals surface area contributed by atoms with E-state index < -0.39 is 0 Å². The number of aromatic nitrogens is 1. The minimum atomic E-state index is -0.299. The molecule has 0 aliphatic heterocycles. The van der Waals surface area contributed by atoms with Crippen LogP contribution in [0, 0.1) is 5.82 Å². The lowest BCUT2D eigenvalue weighted by atomic mass is 10.3. The standard InChI is InChI=1S/C19H25FN4O2.HI/c1-3-25-12-4-11-22-19(21-2)24-14-15-5-10-18(23-13-15)26-17-8-6-16(20)7-9-17;/h5-10,13H,3-4,11-12,14H2,1-2H3,(H2,21,22,24);1H. The SMILES string of the molecule is CCOCCCNC(=NC)NCc1ccc(Oc2ccc(F)cc2)nc1.I. The molecular formula is C19H26FIN4O2. The number of ether oxygens (including phenoxy) is 2. The number of nitrogens with zero attached hydrogens (tertiary/aromatic N) is 2. The van der Waals surface area contributed by atoms with E-state index in [2.05, 4.69) is 20.6 Å². The van der Waals surface area contributed by atoms with Crippen LogP contribution in [0.1, 0.15) is 18.9 Å². The van der Waals surface area contributed by atoms with E-state index in [1.807, 2.05) is 13.0 Å². The molecule has 0 saturated carbocycles. The van der Waals surface area contributed by atoms with Crippen molar-refractivity contribution in [1.82, 2.24) is 15.6 Å². The van der Waals surface area contributed by atoms with Gasteiger partial charge in [0.2, 0.25) is 5.88 Å². The van der Waals surface area contributed by atoms with Gasteiger partial charge in [-0.2, -0.15) is 0 Å². The van der Waals surface area contributed by atoms with Gasteiger partial charge in [0, 0.05) is 45.6 Å². The number of pyridine rings is 1. The van der Waals surface area contributed by atoms with Crippen LogP contribution in [-0.4, -0.2) is 37.7 Å². The van der Waals surface area contributed by atoms with Gasteiger partial charge in [0.15, 0.2) is 5.96 Å². The van der Waals surface area contributed by atoms with Gasteiger partial charge in [-0.3, -0.25) is 4.99 Å². The van der Waals surface area contributed by atoms with Crippen molar-refractivity contribution >= 4 is 29.9 Å². The molecule has 0 aliphatic carbocycles. The van der Waals surface area contributed by atoms with Crippen LogP contribution in [0.3, 0.4) is 0 Å². The fraction of sp³-hybridized carbons (Fsp3) is 0.368. The van der Waals surface area contributed by atoms with E-state index in [9.17, 15) is 4.39 Å². The molecule has 1 aromatic heterocycles. The van der Waals surface area contributed by atoms with Gasteiger partial charge in [0.1, 0.15) is 11.6 Å². The summed E-state index contributed by atoms with van der Waals surface area (Å²) in [6.45, 7) is 4.84. The van der Waals surface area contributed by atoms with E-state index in [-0.39, 0.29) is 29.8 Å². The first-order valence-corrected chi connectivity index (χ1v) is 8.62. The molecule has 2 aromatic rings. The number of nitrogens with one attached hydrogen (secondary N) is 2. The van der Waals surface area contributed by atoms with Crippen LogP contribution in [0.15, 0.2) is 47.6 Å². The van der Waals surface area contributed by atoms with Gasteiger partial charge in [0.25, 0.3) is 0 Å². The molecule has 0 amide bonds. The Labute approximate surface area is 176 Å². The lowest BCUT2D eigenvalue weighted by Crippen LogP contribution is -2.37. The molecule has 0 atom stereocenters. The normalized spacial score (nSPS) is 10.9. The van der Waals surface area contributed by atoms with Gasteiger partial charge >= 0.3 is 0 Å². The number of rotatable bonds is 9. The van der Waals surface area contributed by atoms with E-state index in [1.54, 1.807) is 31.4 Å². The van der Waals surface area contributed by atoms with Crippen LogP contribution < -0.4 is 15.4 Å². The molecule has 148 valence electrons. The maximum atomic E-state index is 12.9. The number of aliphatic imine (C=N–C) groups is 1. The van der Waals surface area contributed by atoms with E-state index >= 15 is 0 Å². The zero-order chi connectivity index (χ0) is 18.6. The average molecular weight is 488 g/mol. The van der Waals surface area contributed by atoms with Crippen molar-refractivity contribution in [2.24, 2.45) is 4.99 Å². The Morgan fingerprint density at radius 2 is 1.93 bits per heavy atom. The van der Waals surface area contributed by atoms with Gasteiger partial charge in [-0.1, -0.05) is 6.07 Å². The zero-order valence-electron chi connectivity index (χ0n) is 15.6. The molecule has 2 N–H and O–H groups in total. The Kier molecular flexibility index (Phi) is 11.3. The minimum Gasteiger partial charge on any atom is -0.439 e. The molecule has 0 bridgehead atoms. The highest BCUT2D eigenvalue weighted by atomic mass is 127. The van der Waals surface area contributed by atoms with E-state index in [4.69, 9.17) is 9.47 Å². The highest BCUT2D eigenvalue weighted by Crippen LogP contribution is 2.19. The Balaban J connectivity index is 0.00000364. The second-order valence-corrected chi connectivity index (χ2v) is 5.46. The van der Waals surface area contributed by atoms with Gasteiger partial charge < -0.3 is 20.1 Å². The van der Waals surface area contributed by atoms with Crippen LogP contribution in [-0.2, 0) is 11.3 Å². The molecule has 0 fully saturated rings. The molecular weight excluding hydrogens is 462 g/mol. The van der Waals surface area contributed by atoms with E-state index in [0.29, 0.717) is 18.2 Å². The first-order chi connectivity index (χ1) is 12.7. The van der Waals surface area contributed by atoms with Crippen molar-refractivity contribution in [1.29, 1.82) is 0 Å². The fourth-order valence-electron chi connectivity index (χ4n) is 2.13. The minimum absolute atomic E-state index is 0. The highest BCUT2D eigenvalue weighted by Gasteiger charge is 2.02. The number of benzene rings is 1. The van der Waals surface area contributed by atoms with Crippen LogP contribution >= 0.6 is 24.0 Å². The monoisotopic (exact) mass is 488 g/mol. The van der Waals surface area contributed by atoms with Crippen molar-refractivity contribution in [2.45, 2.75) is 19.9 Å². The smallest absolute Gasteiger partial charge is 0.219 e. The quantitative estimate of drug-likeness (QED) is 0.244. The van der Waals surface area contributed by atoms with Gasteiger partial charge in [0.05, 0.1) is 0 Å². The van der Waals surface area contributed by atoms with Gasteiger partial charge in [-0.05, 0) is 43.2 Å². The molecule has 0 radical (unpaired) electrons. The molecule has 1 aromatic carbocycles. The lowest BCUT2D eigenvalue weighted by molar-refractivity contribution is 0.145. The van der Waals surface area contributed by atoms with Crippen molar-refractivity contribution in [3.8, 4) is 11.6 Å². The highest BCUT2D eigenvalue weighted by molar-refractivity contribution is 14.0. The number of guanidine groups is 1. The topological polar surface area (TPSA) is 67.8 Å². The van der Waals surface area contributed by atoms with E-state index in [0.717, 1.165) is 37.7 Å².